The molecular formula is C24H19N3O2S2. The molecule has 5 rings (SSSR count). The van der Waals surface area contributed by atoms with Crippen molar-refractivity contribution < 1.29 is 9.53 Å². The molecule has 2 aromatic carbocycles. The maximum atomic E-state index is 12.7. The molecule has 0 fully saturated rings. The van der Waals surface area contributed by atoms with Crippen molar-refractivity contribution in [2.24, 2.45) is 0 Å². The molecule has 1 aliphatic carbocycles. The van der Waals surface area contributed by atoms with E-state index in [1.165, 1.54) is 16.9 Å². The molecular weight excluding hydrogens is 426 g/mol. The summed E-state index contributed by atoms with van der Waals surface area (Å²) in [6.45, 7) is -0.152. The van der Waals surface area contributed by atoms with Gasteiger partial charge in [0, 0.05) is 10.4 Å². The lowest BCUT2D eigenvalue weighted by Crippen LogP contribution is -2.20. The summed E-state index contributed by atoms with van der Waals surface area (Å²) in [4.78, 5) is 18.9. The molecule has 0 bridgehead atoms. The fourth-order valence-corrected chi connectivity index (χ4v) is 6.27. The number of nitriles is 1. The van der Waals surface area contributed by atoms with Gasteiger partial charge in [-0.1, -0.05) is 24.3 Å². The third-order valence-electron chi connectivity index (χ3n) is 5.30. The highest BCUT2D eigenvalue weighted by molar-refractivity contribution is 7.22. The number of thiazole rings is 1. The van der Waals surface area contributed by atoms with Gasteiger partial charge in [-0.05, 0) is 55.5 Å². The lowest BCUT2D eigenvalue weighted by atomic mass is 9.96. The fourth-order valence-electron chi connectivity index (χ4n) is 3.85. The summed E-state index contributed by atoms with van der Waals surface area (Å²) in [5.74, 6) is 0.172. The Morgan fingerprint density at radius 2 is 1.90 bits per heavy atom. The summed E-state index contributed by atoms with van der Waals surface area (Å²) in [7, 11) is 0. The second kappa shape index (κ2) is 8.50. The minimum absolute atomic E-state index is 0.152. The average Bonchev–Trinajstić information content (AvgIpc) is 3.38. The summed E-state index contributed by atoms with van der Waals surface area (Å²) in [5.41, 5.74) is 3.78. The Morgan fingerprint density at radius 1 is 1.10 bits per heavy atom. The van der Waals surface area contributed by atoms with Crippen molar-refractivity contribution in [3.63, 3.8) is 0 Å². The molecule has 1 aliphatic rings. The third kappa shape index (κ3) is 3.92. The number of aryl methyl sites for hydroxylation is 1. The Hall–Kier alpha value is -3.21. The van der Waals surface area contributed by atoms with Crippen LogP contribution in [0.4, 0.5) is 5.00 Å². The Morgan fingerprint density at radius 3 is 2.77 bits per heavy atom. The first kappa shape index (κ1) is 19.7. The number of nitrogens with zero attached hydrogens (tertiary/aromatic N) is 2. The minimum Gasteiger partial charge on any atom is -0.482 e. The highest BCUT2D eigenvalue weighted by Crippen LogP contribution is 2.46. The number of carbonyl (C=O) groups is 1. The zero-order chi connectivity index (χ0) is 21.2. The number of aromatic nitrogens is 1. The van der Waals surface area contributed by atoms with Crippen LogP contribution in [0.15, 0.2) is 48.5 Å². The zero-order valence-corrected chi connectivity index (χ0v) is 18.3. The van der Waals surface area contributed by atoms with E-state index in [9.17, 15) is 10.1 Å². The van der Waals surface area contributed by atoms with E-state index in [-0.39, 0.29) is 12.5 Å². The van der Waals surface area contributed by atoms with E-state index in [0.717, 1.165) is 45.1 Å². The summed E-state index contributed by atoms with van der Waals surface area (Å²) in [5, 5.41) is 14.0. The van der Waals surface area contributed by atoms with E-state index in [2.05, 4.69) is 17.5 Å². The van der Waals surface area contributed by atoms with Crippen LogP contribution in [0.5, 0.6) is 5.75 Å². The highest BCUT2D eigenvalue weighted by atomic mass is 32.1. The van der Waals surface area contributed by atoms with Crippen LogP contribution in [0.2, 0.25) is 0 Å². The molecule has 0 radical (unpaired) electrons. The fraction of sp³-hybridized carbons (Fsp3) is 0.208. The first-order valence-corrected chi connectivity index (χ1v) is 11.8. The summed E-state index contributed by atoms with van der Waals surface area (Å²) in [6, 6.07) is 17.1. The topological polar surface area (TPSA) is 75.0 Å². The Balaban J connectivity index is 1.43. The van der Waals surface area contributed by atoms with Gasteiger partial charge in [-0.25, -0.2) is 4.98 Å². The molecule has 5 nitrogen and oxygen atoms in total. The molecule has 2 heterocycles. The lowest BCUT2D eigenvalue weighted by Gasteiger charge is -2.12. The first-order chi connectivity index (χ1) is 15.2. The largest absolute Gasteiger partial charge is 0.482 e. The molecule has 0 aliphatic heterocycles. The van der Waals surface area contributed by atoms with Crippen LogP contribution in [0.3, 0.4) is 0 Å². The van der Waals surface area contributed by atoms with E-state index in [1.807, 2.05) is 18.2 Å². The first-order valence-electron chi connectivity index (χ1n) is 10.1. The number of fused-ring (bicyclic) bond motifs is 2. The van der Waals surface area contributed by atoms with Crippen LogP contribution in [0, 0.1) is 11.3 Å². The molecule has 1 N–H and O–H groups in total. The van der Waals surface area contributed by atoms with E-state index in [0.29, 0.717) is 11.3 Å². The number of carbonyl (C=O) groups excluding carboxylic acids is 1. The van der Waals surface area contributed by atoms with Crippen molar-refractivity contribution in [1.29, 1.82) is 5.26 Å². The number of para-hydroxylation sites is 2. The predicted octanol–water partition coefficient (Wildman–Crippen LogP) is 5.79. The van der Waals surface area contributed by atoms with Gasteiger partial charge in [0.15, 0.2) is 6.61 Å². The van der Waals surface area contributed by atoms with Crippen molar-refractivity contribution in [2.75, 3.05) is 11.9 Å². The highest BCUT2D eigenvalue weighted by Gasteiger charge is 2.25. The third-order valence-corrected chi connectivity index (χ3v) is 7.56. The Bertz CT molecular complexity index is 1280. The summed E-state index contributed by atoms with van der Waals surface area (Å²) < 4.78 is 6.76. The maximum Gasteiger partial charge on any atom is 0.262 e. The van der Waals surface area contributed by atoms with Crippen molar-refractivity contribution >= 4 is 43.8 Å². The number of ether oxygens (including phenoxy) is 1. The van der Waals surface area contributed by atoms with Crippen LogP contribution in [0.1, 0.15) is 28.8 Å². The maximum absolute atomic E-state index is 12.7. The Kier molecular flexibility index (Phi) is 5.41. The van der Waals surface area contributed by atoms with Crippen LogP contribution in [-0.4, -0.2) is 17.5 Å². The van der Waals surface area contributed by atoms with Crippen LogP contribution >= 0.6 is 22.7 Å². The quantitative estimate of drug-likeness (QED) is 0.422. The minimum atomic E-state index is -0.242. The van der Waals surface area contributed by atoms with Crippen molar-refractivity contribution in [3.8, 4) is 22.4 Å². The number of benzene rings is 2. The van der Waals surface area contributed by atoms with Gasteiger partial charge in [0.2, 0.25) is 0 Å². The standard InChI is InChI=1S/C24H19N3O2S2/c25-13-15-7-1-4-10-18(15)29-14-21(28)27-24-22(16-8-2-5-11-19(16)30-24)23-26-17-9-3-6-12-20(17)31-23/h1,3-4,6-7,9-10,12H,2,5,8,11,14H2,(H,27,28). The molecule has 0 spiro atoms. The summed E-state index contributed by atoms with van der Waals surface area (Å²) in [6.07, 6.45) is 4.39. The zero-order valence-electron chi connectivity index (χ0n) is 16.7. The number of thiophene rings is 1. The van der Waals surface area contributed by atoms with Gasteiger partial charge in [-0.2, -0.15) is 5.26 Å². The molecule has 31 heavy (non-hydrogen) atoms. The second-order valence-electron chi connectivity index (χ2n) is 7.35. The predicted molar refractivity (Wildman–Crippen MR) is 125 cm³/mol. The van der Waals surface area contributed by atoms with Crippen LogP contribution in [0.25, 0.3) is 20.8 Å². The average molecular weight is 446 g/mol. The smallest absolute Gasteiger partial charge is 0.262 e. The molecule has 0 saturated heterocycles. The number of amides is 1. The van der Waals surface area contributed by atoms with Crippen molar-refractivity contribution in [3.05, 3.63) is 64.5 Å². The van der Waals surface area contributed by atoms with Gasteiger partial charge in [-0.3, -0.25) is 4.79 Å². The van der Waals surface area contributed by atoms with Crippen molar-refractivity contribution in [2.45, 2.75) is 25.7 Å². The number of anilines is 1. The molecule has 2 aromatic heterocycles. The molecule has 0 atom stereocenters. The molecule has 7 heteroatoms. The monoisotopic (exact) mass is 445 g/mol. The van der Waals surface area contributed by atoms with Crippen LogP contribution < -0.4 is 10.1 Å². The number of rotatable bonds is 5. The molecule has 0 unspecified atom stereocenters. The van der Waals surface area contributed by atoms with Gasteiger partial charge in [0.25, 0.3) is 5.91 Å². The van der Waals surface area contributed by atoms with Gasteiger partial charge in [-0.15, -0.1) is 22.7 Å². The van der Waals surface area contributed by atoms with Gasteiger partial charge in [0.05, 0.1) is 15.8 Å². The lowest BCUT2D eigenvalue weighted by molar-refractivity contribution is -0.118. The molecule has 154 valence electrons. The molecule has 1 amide bonds. The van der Waals surface area contributed by atoms with E-state index in [1.54, 1.807) is 46.9 Å². The number of nitrogens with one attached hydrogen (secondary N) is 1. The van der Waals surface area contributed by atoms with E-state index in [4.69, 9.17) is 9.72 Å². The van der Waals surface area contributed by atoms with Gasteiger partial charge < -0.3 is 10.1 Å². The summed E-state index contributed by atoms with van der Waals surface area (Å²) >= 11 is 3.31. The molecule has 4 aromatic rings. The van der Waals surface area contributed by atoms with E-state index < -0.39 is 0 Å². The van der Waals surface area contributed by atoms with Gasteiger partial charge in [0.1, 0.15) is 21.8 Å². The normalized spacial score (nSPS) is 12.9. The number of hydrogen-bond donors (Lipinski definition) is 1. The second-order valence-corrected chi connectivity index (χ2v) is 9.48. The van der Waals surface area contributed by atoms with E-state index >= 15 is 0 Å². The van der Waals surface area contributed by atoms with Crippen LogP contribution in [-0.2, 0) is 17.6 Å². The SMILES string of the molecule is N#Cc1ccccc1OCC(=O)Nc1sc2c(c1-c1nc3ccccc3s1)CCCC2. The number of hydrogen-bond acceptors (Lipinski definition) is 6. The molecule has 0 saturated carbocycles. The van der Waals surface area contributed by atoms with Gasteiger partial charge >= 0.3 is 0 Å². The van der Waals surface area contributed by atoms with Crippen molar-refractivity contribution in [1.82, 2.24) is 4.98 Å². The Labute approximate surface area is 187 Å².